The molecule has 1 saturated heterocycles. The molecule has 0 spiro atoms. The maximum Gasteiger partial charge on any atom is 0.224 e. The van der Waals surface area contributed by atoms with Gasteiger partial charge in [0.15, 0.2) is 8.32 Å². The second-order valence-corrected chi connectivity index (χ2v) is 18.5. The molecule has 3 rings (SSSR count). The molecule has 0 radical (unpaired) electrons. The van der Waals surface area contributed by atoms with Gasteiger partial charge in [-0.2, -0.15) is 0 Å². The maximum atomic E-state index is 11.9. The third-order valence-corrected chi connectivity index (χ3v) is 13.6. The first kappa shape index (κ1) is 37.2. The Labute approximate surface area is 274 Å². The summed E-state index contributed by atoms with van der Waals surface area (Å²) >= 11 is 0. The molecular weight excluding hydrogens is 579 g/mol. The summed E-state index contributed by atoms with van der Waals surface area (Å²) in [5.74, 6) is 0. The van der Waals surface area contributed by atoms with E-state index in [-0.39, 0.29) is 11.6 Å². The Morgan fingerprint density at radius 3 is 1.98 bits per heavy atom. The molecule has 0 bridgehead atoms. The van der Waals surface area contributed by atoms with E-state index in [2.05, 4.69) is 65.1 Å². The van der Waals surface area contributed by atoms with Gasteiger partial charge in [0.05, 0.1) is 18.6 Å². The van der Waals surface area contributed by atoms with E-state index in [1.165, 1.54) is 38.5 Å². The molecule has 0 saturated carbocycles. The lowest BCUT2D eigenvalue weighted by Gasteiger charge is -2.44. The fourth-order valence-electron chi connectivity index (χ4n) is 5.26. The zero-order chi connectivity index (χ0) is 32.7. The number of aliphatic hydroxyl groups excluding tert-OH is 1. The minimum absolute atomic E-state index is 0.0347. The van der Waals surface area contributed by atoms with Crippen molar-refractivity contribution in [1.82, 2.24) is 0 Å². The van der Waals surface area contributed by atoms with Crippen LogP contribution in [0, 0.1) is 0 Å². The molecule has 1 aliphatic rings. The van der Waals surface area contributed by atoms with Gasteiger partial charge >= 0.3 is 0 Å². The summed E-state index contributed by atoms with van der Waals surface area (Å²) in [6, 6.07) is 19.7. The lowest BCUT2D eigenvalue weighted by molar-refractivity contribution is -0.257. The summed E-state index contributed by atoms with van der Waals surface area (Å²) in [6.07, 6.45) is 10.2. The van der Waals surface area contributed by atoms with Crippen molar-refractivity contribution in [1.29, 1.82) is 0 Å². The highest BCUT2D eigenvalue weighted by molar-refractivity contribution is 6.74. The zero-order valence-electron chi connectivity index (χ0n) is 28.9. The molecule has 45 heavy (non-hydrogen) atoms. The fourth-order valence-corrected chi connectivity index (χ4v) is 6.27. The monoisotopic (exact) mass is 637 g/mol. The number of aliphatic imine (C=N–C) groups is 1. The SMILES string of the molecule is CC=CO[C@H]1OC(CO[Si](C)(C)C(C)(C)C)[C@@H](O)[C@H](OCCCCCCCCCC)C1N=C(c1ccccc1)c1ccccc1. The van der Waals surface area contributed by atoms with Crippen molar-refractivity contribution >= 4 is 14.0 Å². The molecule has 0 amide bonds. The van der Waals surface area contributed by atoms with Crippen LogP contribution in [0.25, 0.3) is 0 Å². The minimum atomic E-state index is -2.09. The number of aliphatic hydroxyl groups is 1. The van der Waals surface area contributed by atoms with Crippen LogP contribution in [0.3, 0.4) is 0 Å². The van der Waals surface area contributed by atoms with Crippen LogP contribution in [-0.4, -0.2) is 63.0 Å². The Morgan fingerprint density at radius 1 is 0.889 bits per heavy atom. The predicted octanol–water partition coefficient (Wildman–Crippen LogP) is 9.08. The molecule has 1 heterocycles. The largest absolute Gasteiger partial charge is 0.470 e. The molecule has 6 nitrogen and oxygen atoms in total. The van der Waals surface area contributed by atoms with Crippen molar-refractivity contribution in [2.75, 3.05) is 13.2 Å². The molecule has 0 aliphatic carbocycles. The van der Waals surface area contributed by atoms with Gasteiger partial charge < -0.3 is 23.7 Å². The lowest BCUT2D eigenvalue weighted by Crippen LogP contribution is -2.60. The summed E-state index contributed by atoms with van der Waals surface area (Å²) in [6.45, 7) is 16.0. The molecule has 7 heteroatoms. The molecule has 1 aliphatic heterocycles. The Balaban J connectivity index is 1.91. The predicted molar refractivity (Wildman–Crippen MR) is 188 cm³/mol. The maximum absolute atomic E-state index is 11.9. The number of allylic oxidation sites excluding steroid dienone is 1. The molecule has 1 fully saturated rings. The van der Waals surface area contributed by atoms with E-state index in [0.29, 0.717) is 6.61 Å². The van der Waals surface area contributed by atoms with Crippen molar-refractivity contribution in [3.63, 3.8) is 0 Å². The first-order valence-electron chi connectivity index (χ1n) is 17.1. The summed E-state index contributed by atoms with van der Waals surface area (Å²) in [5.41, 5.74) is 2.77. The van der Waals surface area contributed by atoms with Gasteiger partial charge in [-0.3, -0.25) is 4.99 Å². The highest BCUT2D eigenvalue weighted by Gasteiger charge is 2.48. The number of benzene rings is 2. The van der Waals surface area contributed by atoms with E-state index in [9.17, 15) is 5.11 Å². The summed E-state index contributed by atoms with van der Waals surface area (Å²) in [5, 5.41) is 11.9. The van der Waals surface area contributed by atoms with Crippen LogP contribution in [-0.2, 0) is 18.6 Å². The van der Waals surface area contributed by atoms with Gasteiger partial charge in [-0.1, -0.05) is 139 Å². The Hall–Kier alpha value is -2.29. The Morgan fingerprint density at radius 2 is 1.44 bits per heavy atom. The van der Waals surface area contributed by atoms with E-state index in [1.54, 1.807) is 6.26 Å². The second-order valence-electron chi connectivity index (χ2n) is 13.7. The number of hydrogen-bond donors (Lipinski definition) is 1. The molecule has 1 N–H and O–H groups in total. The zero-order valence-corrected chi connectivity index (χ0v) is 29.9. The minimum Gasteiger partial charge on any atom is -0.470 e. The topological polar surface area (TPSA) is 69.5 Å². The average molecular weight is 638 g/mol. The fraction of sp³-hybridized carbons (Fsp3) is 0.605. The lowest BCUT2D eigenvalue weighted by atomic mass is 9.95. The van der Waals surface area contributed by atoms with Gasteiger partial charge in [0, 0.05) is 17.7 Å². The van der Waals surface area contributed by atoms with Crippen LogP contribution in [0.5, 0.6) is 0 Å². The van der Waals surface area contributed by atoms with Crippen LogP contribution in [0.2, 0.25) is 18.1 Å². The van der Waals surface area contributed by atoms with Gasteiger partial charge in [0.25, 0.3) is 0 Å². The summed E-state index contributed by atoms with van der Waals surface area (Å²) in [7, 11) is -2.09. The molecule has 0 aromatic heterocycles. The first-order chi connectivity index (χ1) is 21.6. The second kappa shape index (κ2) is 18.8. The van der Waals surface area contributed by atoms with E-state index < -0.39 is 39.0 Å². The summed E-state index contributed by atoms with van der Waals surface area (Å²) in [4.78, 5) is 5.30. The molecule has 5 atom stereocenters. The number of nitrogens with zero attached hydrogens (tertiary/aromatic N) is 1. The Kier molecular flexibility index (Phi) is 15.5. The molecule has 2 aromatic carbocycles. The van der Waals surface area contributed by atoms with Gasteiger partial charge in [-0.25, -0.2) is 0 Å². The molecular formula is C38H59NO5Si. The van der Waals surface area contributed by atoms with Crippen molar-refractivity contribution in [3.8, 4) is 0 Å². The first-order valence-corrected chi connectivity index (χ1v) is 20.0. The van der Waals surface area contributed by atoms with Crippen molar-refractivity contribution in [2.24, 2.45) is 4.99 Å². The van der Waals surface area contributed by atoms with E-state index in [1.807, 2.05) is 49.4 Å². The highest BCUT2D eigenvalue weighted by atomic mass is 28.4. The number of hydrogen-bond acceptors (Lipinski definition) is 6. The highest BCUT2D eigenvalue weighted by Crippen LogP contribution is 2.37. The molecule has 250 valence electrons. The smallest absolute Gasteiger partial charge is 0.224 e. The summed E-state index contributed by atoms with van der Waals surface area (Å²) < 4.78 is 25.8. The van der Waals surface area contributed by atoms with Crippen LogP contribution < -0.4 is 0 Å². The van der Waals surface area contributed by atoms with Crippen molar-refractivity contribution in [3.05, 3.63) is 84.1 Å². The van der Waals surface area contributed by atoms with Crippen molar-refractivity contribution in [2.45, 2.75) is 135 Å². The molecule has 2 unspecified atom stereocenters. The Bertz CT molecular complexity index is 1110. The van der Waals surface area contributed by atoms with E-state index in [0.717, 1.165) is 29.7 Å². The number of rotatable bonds is 18. The quantitative estimate of drug-likeness (QED) is 0.0764. The van der Waals surface area contributed by atoms with Crippen LogP contribution in [0.1, 0.15) is 97.1 Å². The van der Waals surface area contributed by atoms with Crippen LogP contribution in [0.4, 0.5) is 0 Å². The van der Waals surface area contributed by atoms with Gasteiger partial charge in [0.2, 0.25) is 6.29 Å². The van der Waals surface area contributed by atoms with Crippen LogP contribution in [0.15, 0.2) is 78.0 Å². The standard InChI is InChI=1S/C38H59NO5Si/c1-8-10-11-12-13-14-15-22-28-41-36-34(39-33(30-23-18-16-19-24-30)31-25-20-17-21-26-31)37(42-27-9-2)44-32(35(36)40)29-43-45(6,7)38(3,4)5/h9,16-21,23-27,32,34-37,40H,8,10-15,22,28-29H2,1-7H3/t32?,34?,35-,36-,37+/m1/s1. The third-order valence-electron chi connectivity index (χ3n) is 9.09. The average Bonchev–Trinajstić information content (AvgIpc) is 3.03. The molecule has 2 aromatic rings. The van der Waals surface area contributed by atoms with E-state index >= 15 is 0 Å². The van der Waals surface area contributed by atoms with Gasteiger partial charge in [-0.05, 0) is 31.5 Å². The van der Waals surface area contributed by atoms with Crippen molar-refractivity contribution < 1.29 is 23.7 Å². The van der Waals surface area contributed by atoms with Gasteiger partial charge in [0.1, 0.15) is 24.4 Å². The van der Waals surface area contributed by atoms with E-state index in [4.69, 9.17) is 23.6 Å². The normalized spacial score (nSPS) is 22.4. The third kappa shape index (κ3) is 11.5. The van der Waals surface area contributed by atoms with Crippen LogP contribution >= 0.6 is 0 Å². The van der Waals surface area contributed by atoms with Gasteiger partial charge in [-0.15, -0.1) is 0 Å². The number of ether oxygens (including phenoxy) is 3. The number of unbranched alkanes of at least 4 members (excludes halogenated alkanes) is 7.